The molecule has 2 amide bonds. The number of amides is 2. The molecule has 4 aromatic rings. The van der Waals surface area contributed by atoms with E-state index in [1.54, 1.807) is 34.5 Å². The Bertz CT molecular complexity index is 1450. The van der Waals surface area contributed by atoms with Gasteiger partial charge in [-0.25, -0.2) is 9.37 Å². The van der Waals surface area contributed by atoms with Crippen molar-refractivity contribution in [3.05, 3.63) is 105 Å². The summed E-state index contributed by atoms with van der Waals surface area (Å²) in [7, 11) is 0. The smallest absolute Gasteiger partial charge is 0.290 e. The van der Waals surface area contributed by atoms with Gasteiger partial charge in [-0.2, -0.15) is 0 Å². The van der Waals surface area contributed by atoms with Crippen LogP contribution in [0.2, 0.25) is 0 Å². The molecule has 0 aliphatic carbocycles. The van der Waals surface area contributed by atoms with Crippen molar-refractivity contribution in [1.29, 1.82) is 0 Å². The van der Waals surface area contributed by atoms with Gasteiger partial charge in [0.15, 0.2) is 5.76 Å². The molecule has 1 atom stereocenters. The molecule has 1 saturated heterocycles. The molecule has 194 valence electrons. The summed E-state index contributed by atoms with van der Waals surface area (Å²) in [6.07, 6.45) is 4.22. The third kappa shape index (κ3) is 4.81. The number of hydrogen-bond donors (Lipinski definition) is 0. The average molecular weight is 532 g/mol. The standard InChI is InChI=1S/C29H26FN3O4S/c30-21-8-5-20(6-9-21)27-23-16-22(10-7-19(23)11-14-33(27)29(35)25-4-3-15-36-25)37-17-26-31-24(18-38-26)28(34)32-12-1-2-13-32/h3-10,15-16,18,27H,1-2,11-14,17H2/t27-/m0/s1. The Kier molecular flexibility index (Phi) is 6.68. The predicted molar refractivity (Wildman–Crippen MR) is 140 cm³/mol. The molecule has 2 aromatic heterocycles. The Hall–Kier alpha value is -3.98. The molecule has 0 N–H and O–H groups in total. The van der Waals surface area contributed by atoms with Gasteiger partial charge in [-0.15, -0.1) is 11.3 Å². The molecule has 0 bridgehead atoms. The molecular weight excluding hydrogens is 505 g/mol. The summed E-state index contributed by atoms with van der Waals surface area (Å²) in [5.41, 5.74) is 3.28. The second-order valence-electron chi connectivity index (χ2n) is 9.46. The summed E-state index contributed by atoms with van der Waals surface area (Å²) in [6.45, 7) is 2.30. The van der Waals surface area contributed by atoms with Gasteiger partial charge in [-0.1, -0.05) is 18.2 Å². The SMILES string of the molecule is O=C(c1csc(COc2ccc3c(c2)[C@H](c2ccc(F)cc2)N(C(=O)c2ccco2)CC3)n1)N1CCCC1. The van der Waals surface area contributed by atoms with Gasteiger partial charge >= 0.3 is 0 Å². The Morgan fingerprint density at radius 2 is 1.87 bits per heavy atom. The minimum atomic E-state index is -0.426. The van der Waals surface area contributed by atoms with Crippen LogP contribution < -0.4 is 4.74 Å². The van der Waals surface area contributed by atoms with Crippen LogP contribution in [0.15, 0.2) is 70.7 Å². The van der Waals surface area contributed by atoms with E-state index in [0.29, 0.717) is 24.4 Å². The maximum atomic E-state index is 13.7. The third-order valence-corrected chi connectivity index (χ3v) is 7.87. The number of fused-ring (bicyclic) bond motifs is 1. The molecule has 2 aliphatic heterocycles. The molecule has 2 aromatic carbocycles. The Balaban J connectivity index is 1.25. The lowest BCUT2D eigenvalue weighted by Gasteiger charge is -2.37. The lowest BCUT2D eigenvalue weighted by Crippen LogP contribution is -2.40. The summed E-state index contributed by atoms with van der Waals surface area (Å²) >= 11 is 1.40. The number of halogens is 1. The summed E-state index contributed by atoms with van der Waals surface area (Å²) in [5, 5.41) is 2.50. The number of aromatic nitrogens is 1. The van der Waals surface area contributed by atoms with Crippen LogP contribution in [0, 0.1) is 5.82 Å². The first kappa shape index (κ1) is 24.4. The number of hydrogen-bond acceptors (Lipinski definition) is 6. The van der Waals surface area contributed by atoms with Crippen molar-refractivity contribution < 1.29 is 23.1 Å². The largest absolute Gasteiger partial charge is 0.486 e. The highest BCUT2D eigenvalue weighted by atomic mass is 32.1. The van der Waals surface area contributed by atoms with Crippen LogP contribution >= 0.6 is 11.3 Å². The van der Waals surface area contributed by atoms with Crippen molar-refractivity contribution in [3.63, 3.8) is 0 Å². The van der Waals surface area contributed by atoms with Gasteiger partial charge in [0, 0.05) is 25.0 Å². The second kappa shape index (κ2) is 10.4. The fourth-order valence-corrected chi connectivity index (χ4v) is 5.83. The fourth-order valence-electron chi connectivity index (χ4n) is 5.15. The number of carbonyl (C=O) groups excluding carboxylic acids is 2. The number of furan rings is 1. The quantitative estimate of drug-likeness (QED) is 0.330. The van der Waals surface area contributed by atoms with E-state index in [0.717, 1.165) is 47.6 Å². The van der Waals surface area contributed by atoms with E-state index in [4.69, 9.17) is 9.15 Å². The Morgan fingerprint density at radius 1 is 1.05 bits per heavy atom. The van der Waals surface area contributed by atoms with E-state index in [1.807, 2.05) is 23.1 Å². The molecular formula is C29H26FN3O4S. The second-order valence-corrected chi connectivity index (χ2v) is 10.4. The first-order chi connectivity index (χ1) is 18.6. The number of benzene rings is 2. The third-order valence-electron chi connectivity index (χ3n) is 7.05. The van der Waals surface area contributed by atoms with Crippen LogP contribution in [0.3, 0.4) is 0 Å². The van der Waals surface area contributed by atoms with Gasteiger partial charge in [-0.05, 0) is 72.4 Å². The van der Waals surface area contributed by atoms with Crippen LogP contribution in [0.5, 0.6) is 5.75 Å². The average Bonchev–Trinajstić information content (AvgIpc) is 3.74. The minimum Gasteiger partial charge on any atom is -0.486 e. The molecule has 0 unspecified atom stereocenters. The summed E-state index contributed by atoms with van der Waals surface area (Å²) in [6, 6.07) is 15.0. The zero-order chi connectivity index (χ0) is 26.1. The van der Waals surface area contributed by atoms with E-state index in [9.17, 15) is 14.0 Å². The first-order valence-corrected chi connectivity index (χ1v) is 13.5. The highest BCUT2D eigenvalue weighted by Crippen LogP contribution is 2.38. The molecule has 9 heteroatoms. The van der Waals surface area contributed by atoms with Crippen LogP contribution in [-0.4, -0.2) is 46.2 Å². The predicted octanol–water partition coefficient (Wildman–Crippen LogP) is 5.48. The minimum absolute atomic E-state index is 0.0257. The van der Waals surface area contributed by atoms with E-state index in [-0.39, 0.29) is 30.0 Å². The number of nitrogens with zero attached hydrogens (tertiary/aromatic N) is 3. The molecule has 7 nitrogen and oxygen atoms in total. The number of likely N-dealkylation sites (tertiary alicyclic amines) is 1. The molecule has 2 aliphatic rings. The summed E-state index contributed by atoms with van der Waals surface area (Å²) in [5.74, 6) is 0.306. The molecule has 0 saturated carbocycles. The van der Waals surface area contributed by atoms with Crippen molar-refractivity contribution in [1.82, 2.24) is 14.8 Å². The van der Waals surface area contributed by atoms with Crippen molar-refractivity contribution in [2.45, 2.75) is 31.9 Å². The molecule has 6 rings (SSSR count). The lowest BCUT2D eigenvalue weighted by molar-refractivity contribution is 0.0661. The van der Waals surface area contributed by atoms with Crippen molar-refractivity contribution in [3.8, 4) is 5.75 Å². The van der Waals surface area contributed by atoms with E-state index in [2.05, 4.69) is 4.98 Å². The molecule has 4 heterocycles. The van der Waals surface area contributed by atoms with Gasteiger partial charge in [0.05, 0.1) is 12.3 Å². The zero-order valence-electron chi connectivity index (χ0n) is 20.6. The van der Waals surface area contributed by atoms with Gasteiger partial charge in [-0.3, -0.25) is 9.59 Å². The molecule has 0 radical (unpaired) electrons. The van der Waals surface area contributed by atoms with Gasteiger partial charge in [0.2, 0.25) is 0 Å². The normalized spacial score (nSPS) is 16.9. The van der Waals surface area contributed by atoms with Gasteiger partial charge < -0.3 is 19.0 Å². The number of rotatable bonds is 6. The first-order valence-electron chi connectivity index (χ1n) is 12.7. The molecule has 38 heavy (non-hydrogen) atoms. The van der Waals surface area contributed by atoms with Gasteiger partial charge in [0.1, 0.15) is 28.9 Å². The Labute approximate surface area is 223 Å². The lowest BCUT2D eigenvalue weighted by atomic mass is 9.87. The van der Waals surface area contributed by atoms with Crippen molar-refractivity contribution in [2.24, 2.45) is 0 Å². The number of ether oxygens (including phenoxy) is 1. The molecule has 1 fully saturated rings. The van der Waals surface area contributed by atoms with Crippen LogP contribution in [0.25, 0.3) is 0 Å². The van der Waals surface area contributed by atoms with Crippen molar-refractivity contribution >= 4 is 23.2 Å². The van der Waals surface area contributed by atoms with E-state index >= 15 is 0 Å². The zero-order valence-corrected chi connectivity index (χ0v) is 21.5. The van der Waals surface area contributed by atoms with Crippen LogP contribution in [-0.2, 0) is 13.0 Å². The van der Waals surface area contributed by atoms with Crippen molar-refractivity contribution in [2.75, 3.05) is 19.6 Å². The number of carbonyl (C=O) groups is 2. The summed E-state index contributed by atoms with van der Waals surface area (Å²) in [4.78, 5) is 34.1. The summed E-state index contributed by atoms with van der Waals surface area (Å²) < 4.78 is 25.2. The molecule has 0 spiro atoms. The topological polar surface area (TPSA) is 75.9 Å². The van der Waals surface area contributed by atoms with Crippen LogP contribution in [0.4, 0.5) is 4.39 Å². The Morgan fingerprint density at radius 3 is 2.63 bits per heavy atom. The fraction of sp³-hybridized carbons (Fsp3) is 0.276. The monoisotopic (exact) mass is 531 g/mol. The maximum absolute atomic E-state index is 13.7. The van der Waals surface area contributed by atoms with E-state index < -0.39 is 6.04 Å². The highest BCUT2D eigenvalue weighted by Gasteiger charge is 2.34. The number of thiazole rings is 1. The van der Waals surface area contributed by atoms with Gasteiger partial charge in [0.25, 0.3) is 11.8 Å². The maximum Gasteiger partial charge on any atom is 0.290 e. The van der Waals surface area contributed by atoms with E-state index in [1.165, 1.54) is 29.7 Å². The van der Waals surface area contributed by atoms with Crippen LogP contribution in [0.1, 0.15) is 61.6 Å². The highest BCUT2D eigenvalue weighted by molar-refractivity contribution is 7.09.